The van der Waals surface area contributed by atoms with E-state index in [1.165, 1.54) is 0 Å². The molecule has 0 saturated heterocycles. The Morgan fingerprint density at radius 2 is 1.94 bits per heavy atom. The molecule has 0 aromatic carbocycles. The highest BCUT2D eigenvalue weighted by Crippen LogP contribution is 2.11. The predicted octanol–water partition coefficient (Wildman–Crippen LogP) is 1.09. The molecule has 0 aliphatic rings. The molecule has 0 rings (SSSR count). The molecule has 0 bridgehead atoms. The molecule has 6 nitrogen and oxygen atoms in total. The van der Waals surface area contributed by atoms with Crippen molar-refractivity contribution in [3.05, 3.63) is 0 Å². The first-order valence-electron chi connectivity index (χ1n) is 5.68. The van der Waals surface area contributed by atoms with Gasteiger partial charge in [-0.25, -0.2) is 9.59 Å². The number of hydrogen-bond acceptors (Lipinski definition) is 4. The van der Waals surface area contributed by atoms with Crippen LogP contribution in [0.25, 0.3) is 0 Å². The molecule has 0 unspecified atom stereocenters. The van der Waals surface area contributed by atoms with E-state index in [-0.39, 0.29) is 0 Å². The van der Waals surface area contributed by atoms with E-state index in [1.807, 2.05) is 0 Å². The summed E-state index contributed by atoms with van der Waals surface area (Å²) in [6, 6.07) is -0.821. The first-order chi connectivity index (χ1) is 7.76. The van der Waals surface area contributed by atoms with Gasteiger partial charge >= 0.3 is 12.1 Å². The van der Waals surface area contributed by atoms with Gasteiger partial charge in [-0.3, -0.25) is 0 Å². The number of ether oxygens (including phenoxy) is 1. The van der Waals surface area contributed by atoms with Crippen molar-refractivity contribution < 1.29 is 19.4 Å². The highest BCUT2D eigenvalue weighted by molar-refractivity contribution is 5.80. The summed E-state index contributed by atoms with van der Waals surface area (Å²) in [6.45, 7) is 5.74. The zero-order valence-electron chi connectivity index (χ0n) is 10.7. The summed E-state index contributed by atoms with van der Waals surface area (Å²) in [5, 5.41) is 10.8. The van der Waals surface area contributed by atoms with Crippen molar-refractivity contribution in [3.8, 4) is 0 Å². The molecule has 0 aromatic rings. The average Bonchev–Trinajstić information content (AvgIpc) is 2.13. The van der Waals surface area contributed by atoms with E-state index in [2.05, 4.69) is 5.32 Å². The number of nitrogens with two attached hydrogens (primary N) is 1. The minimum atomic E-state index is -1.23. The first-order valence-corrected chi connectivity index (χ1v) is 5.68. The van der Waals surface area contributed by atoms with Gasteiger partial charge in [-0.05, 0) is 46.6 Å². The van der Waals surface area contributed by atoms with Gasteiger partial charge in [-0.2, -0.15) is 0 Å². The molecule has 0 spiro atoms. The number of carbonyl (C=O) groups excluding carboxylic acids is 1. The number of rotatable bonds is 6. The van der Waals surface area contributed by atoms with Crippen LogP contribution in [-0.2, 0) is 9.53 Å². The van der Waals surface area contributed by atoms with Gasteiger partial charge in [-0.15, -0.1) is 0 Å². The molecule has 0 aliphatic carbocycles. The third kappa shape index (κ3) is 8.50. The lowest BCUT2D eigenvalue weighted by Crippen LogP contribution is -2.43. The van der Waals surface area contributed by atoms with Crippen LogP contribution >= 0.6 is 0 Å². The Bertz CT molecular complexity index is 261. The molecule has 0 aliphatic heterocycles. The molecule has 1 atom stereocenters. The van der Waals surface area contributed by atoms with Gasteiger partial charge in [0.2, 0.25) is 0 Å². The third-order valence-corrected chi connectivity index (χ3v) is 1.94. The lowest BCUT2D eigenvalue weighted by Gasteiger charge is -2.23. The summed E-state index contributed by atoms with van der Waals surface area (Å²) >= 11 is 0. The summed E-state index contributed by atoms with van der Waals surface area (Å²) in [4.78, 5) is 22.3. The molecule has 100 valence electrons. The lowest BCUT2D eigenvalue weighted by molar-refractivity contribution is -0.157. The number of unbranched alkanes of at least 4 members (excludes halogenated alkanes) is 1. The Kier molecular flexibility index (Phi) is 6.57. The largest absolute Gasteiger partial charge is 0.465 e. The van der Waals surface area contributed by atoms with Gasteiger partial charge in [0.05, 0.1) is 0 Å². The highest BCUT2D eigenvalue weighted by atomic mass is 16.6. The number of hydrogen-bond donors (Lipinski definition) is 3. The van der Waals surface area contributed by atoms with Crippen molar-refractivity contribution in [2.24, 2.45) is 5.73 Å². The second kappa shape index (κ2) is 7.11. The fourth-order valence-corrected chi connectivity index (χ4v) is 1.26. The third-order valence-electron chi connectivity index (χ3n) is 1.94. The SMILES string of the molecule is CC(C)(C)OC(=O)[C@H](CCCCN)NC(=O)O. The summed E-state index contributed by atoms with van der Waals surface area (Å²) in [7, 11) is 0. The monoisotopic (exact) mass is 246 g/mol. The van der Waals surface area contributed by atoms with Crippen LogP contribution in [0, 0.1) is 0 Å². The van der Waals surface area contributed by atoms with E-state index in [0.717, 1.165) is 6.42 Å². The average molecular weight is 246 g/mol. The van der Waals surface area contributed by atoms with E-state index in [4.69, 9.17) is 15.6 Å². The number of esters is 1. The predicted molar refractivity (Wildman–Crippen MR) is 63.7 cm³/mol. The van der Waals surface area contributed by atoms with E-state index >= 15 is 0 Å². The fourth-order valence-electron chi connectivity index (χ4n) is 1.26. The summed E-state index contributed by atoms with van der Waals surface area (Å²) in [5.74, 6) is -0.545. The Labute approximate surface area is 102 Å². The lowest BCUT2D eigenvalue weighted by atomic mass is 10.1. The smallest absolute Gasteiger partial charge is 0.405 e. The van der Waals surface area contributed by atoms with Gasteiger partial charge in [0.1, 0.15) is 11.6 Å². The zero-order chi connectivity index (χ0) is 13.5. The molecule has 1 amide bonds. The van der Waals surface area contributed by atoms with Crippen molar-refractivity contribution >= 4 is 12.1 Å². The van der Waals surface area contributed by atoms with E-state index in [0.29, 0.717) is 19.4 Å². The van der Waals surface area contributed by atoms with Crippen LogP contribution in [0.3, 0.4) is 0 Å². The van der Waals surface area contributed by atoms with Gasteiger partial charge in [0, 0.05) is 0 Å². The van der Waals surface area contributed by atoms with E-state index in [1.54, 1.807) is 20.8 Å². The quantitative estimate of drug-likeness (QED) is 0.481. The van der Waals surface area contributed by atoms with E-state index in [9.17, 15) is 9.59 Å². The van der Waals surface area contributed by atoms with Crippen molar-refractivity contribution in [1.82, 2.24) is 5.32 Å². The second-order valence-electron chi connectivity index (χ2n) is 4.82. The normalized spacial score (nSPS) is 12.9. The molecule has 0 fully saturated rings. The molecule has 4 N–H and O–H groups in total. The first kappa shape index (κ1) is 15.7. The molecule has 0 heterocycles. The molecule has 17 heavy (non-hydrogen) atoms. The van der Waals surface area contributed by atoms with Crippen molar-refractivity contribution in [2.75, 3.05) is 6.54 Å². The zero-order valence-corrected chi connectivity index (χ0v) is 10.7. The second-order valence-corrected chi connectivity index (χ2v) is 4.82. The van der Waals surface area contributed by atoms with E-state index < -0.39 is 23.7 Å². The molecule has 6 heteroatoms. The Balaban J connectivity index is 4.34. The minimum absolute atomic E-state index is 0.401. The standard InChI is InChI=1S/C11H22N2O4/c1-11(2,3)17-9(14)8(13-10(15)16)6-4-5-7-12/h8,13H,4-7,12H2,1-3H3,(H,15,16)/t8-/m0/s1. The van der Waals surface area contributed by atoms with Crippen LogP contribution < -0.4 is 11.1 Å². The van der Waals surface area contributed by atoms with Gasteiger partial charge in [0.15, 0.2) is 0 Å². The Hall–Kier alpha value is -1.30. The van der Waals surface area contributed by atoms with Crippen LogP contribution in [0.5, 0.6) is 0 Å². The molecule has 0 radical (unpaired) electrons. The Morgan fingerprint density at radius 1 is 1.35 bits per heavy atom. The summed E-state index contributed by atoms with van der Waals surface area (Å²) in [5.41, 5.74) is 4.72. The molecular formula is C11H22N2O4. The molecule has 0 aromatic heterocycles. The van der Waals surface area contributed by atoms with Crippen LogP contribution in [0.15, 0.2) is 0 Å². The highest BCUT2D eigenvalue weighted by Gasteiger charge is 2.25. The summed E-state index contributed by atoms with van der Waals surface area (Å²) in [6.07, 6.45) is 0.605. The molecule has 0 saturated carbocycles. The van der Waals surface area contributed by atoms with Gasteiger partial charge < -0.3 is 20.9 Å². The molecular weight excluding hydrogens is 224 g/mol. The number of carbonyl (C=O) groups is 2. The maximum absolute atomic E-state index is 11.7. The number of carboxylic acid groups (broad SMARTS) is 1. The maximum Gasteiger partial charge on any atom is 0.405 e. The van der Waals surface area contributed by atoms with Gasteiger partial charge in [-0.1, -0.05) is 0 Å². The Morgan fingerprint density at radius 3 is 2.35 bits per heavy atom. The van der Waals surface area contributed by atoms with Crippen molar-refractivity contribution in [2.45, 2.75) is 51.7 Å². The van der Waals surface area contributed by atoms with Crippen LogP contribution in [0.2, 0.25) is 0 Å². The topological polar surface area (TPSA) is 102 Å². The fraction of sp³-hybridized carbons (Fsp3) is 0.818. The van der Waals surface area contributed by atoms with Crippen molar-refractivity contribution in [3.63, 3.8) is 0 Å². The minimum Gasteiger partial charge on any atom is -0.465 e. The number of nitrogens with one attached hydrogen (secondary N) is 1. The van der Waals surface area contributed by atoms with Crippen LogP contribution in [0.4, 0.5) is 4.79 Å². The van der Waals surface area contributed by atoms with Crippen LogP contribution in [-0.4, -0.2) is 35.4 Å². The van der Waals surface area contributed by atoms with Gasteiger partial charge in [0.25, 0.3) is 0 Å². The number of amides is 1. The van der Waals surface area contributed by atoms with Crippen molar-refractivity contribution in [1.29, 1.82) is 0 Å². The maximum atomic E-state index is 11.7. The van der Waals surface area contributed by atoms with Crippen LogP contribution in [0.1, 0.15) is 40.0 Å². The summed E-state index contributed by atoms with van der Waals surface area (Å²) < 4.78 is 5.14.